The van der Waals surface area contributed by atoms with E-state index in [2.05, 4.69) is 11.4 Å². The Bertz CT molecular complexity index is 428. The highest BCUT2D eigenvalue weighted by atomic mass is 16.5. The van der Waals surface area contributed by atoms with Gasteiger partial charge in [-0.2, -0.15) is 0 Å². The van der Waals surface area contributed by atoms with E-state index < -0.39 is 0 Å². The third kappa shape index (κ3) is 3.64. The molecule has 1 aromatic carbocycles. The smallest absolute Gasteiger partial charge is 0.161 e. The topological polar surface area (TPSA) is 39.7 Å². The highest BCUT2D eigenvalue weighted by Crippen LogP contribution is 2.32. The molecule has 112 valence electrons. The molecule has 1 N–H and O–H groups in total. The number of hydrogen-bond donors (Lipinski definition) is 1. The van der Waals surface area contributed by atoms with Gasteiger partial charge in [-0.25, -0.2) is 0 Å². The number of rotatable bonds is 6. The number of hydrogen-bond acceptors (Lipinski definition) is 4. The second-order valence-electron chi connectivity index (χ2n) is 5.33. The predicted octanol–water partition coefficient (Wildman–Crippen LogP) is 2.39. The van der Waals surface area contributed by atoms with Gasteiger partial charge >= 0.3 is 0 Å². The first-order valence-electron chi connectivity index (χ1n) is 7.22. The van der Waals surface area contributed by atoms with Crippen LogP contribution >= 0.6 is 0 Å². The molecule has 2 rings (SSSR count). The largest absolute Gasteiger partial charge is 0.493 e. The van der Waals surface area contributed by atoms with E-state index >= 15 is 0 Å². The normalized spacial score (nSPS) is 18.9. The van der Waals surface area contributed by atoms with Crippen LogP contribution in [0.25, 0.3) is 0 Å². The zero-order valence-electron chi connectivity index (χ0n) is 12.7. The summed E-state index contributed by atoms with van der Waals surface area (Å²) >= 11 is 0. The average molecular weight is 279 g/mol. The van der Waals surface area contributed by atoms with Crippen LogP contribution in [0, 0.1) is 5.92 Å². The predicted molar refractivity (Wildman–Crippen MR) is 79.6 cm³/mol. The third-order valence-corrected chi connectivity index (χ3v) is 3.91. The first-order valence-corrected chi connectivity index (χ1v) is 7.22. The van der Waals surface area contributed by atoms with Crippen molar-refractivity contribution in [2.75, 3.05) is 34.4 Å². The lowest BCUT2D eigenvalue weighted by molar-refractivity contribution is 0.183. The van der Waals surface area contributed by atoms with Crippen LogP contribution in [0.2, 0.25) is 0 Å². The molecule has 0 bridgehead atoms. The summed E-state index contributed by atoms with van der Waals surface area (Å²) in [5, 5.41) is 3.47. The van der Waals surface area contributed by atoms with Crippen molar-refractivity contribution >= 4 is 0 Å². The zero-order valence-corrected chi connectivity index (χ0v) is 12.7. The Morgan fingerprint density at radius 2 is 1.80 bits per heavy atom. The molecule has 4 nitrogen and oxygen atoms in total. The highest BCUT2D eigenvalue weighted by Gasteiger charge is 2.17. The fraction of sp³-hybridized carbons (Fsp3) is 0.625. The summed E-state index contributed by atoms with van der Waals surface area (Å²) in [5.41, 5.74) is 2.49. The first kappa shape index (κ1) is 15.1. The molecule has 1 heterocycles. The standard InChI is InChI=1S/C16H25NO3/c1-18-11-14-9-16(20-3)15(19-2)8-13(14)7-12-5-4-6-17-10-12/h8-9,12,17H,4-7,10-11H2,1-3H3. The van der Waals surface area contributed by atoms with Crippen molar-refractivity contribution in [1.82, 2.24) is 5.32 Å². The fourth-order valence-corrected chi connectivity index (χ4v) is 2.85. The van der Waals surface area contributed by atoms with Gasteiger partial charge in [0.2, 0.25) is 0 Å². The summed E-state index contributed by atoms with van der Waals surface area (Å²) in [6, 6.07) is 4.13. The molecule has 0 spiro atoms. The van der Waals surface area contributed by atoms with Crippen molar-refractivity contribution in [2.45, 2.75) is 25.9 Å². The Labute approximate surface area is 121 Å². The Balaban J connectivity index is 2.23. The van der Waals surface area contributed by atoms with E-state index in [1.165, 1.54) is 24.0 Å². The van der Waals surface area contributed by atoms with Crippen LogP contribution in [0.4, 0.5) is 0 Å². The number of nitrogens with one attached hydrogen (secondary N) is 1. The minimum absolute atomic E-state index is 0.607. The zero-order chi connectivity index (χ0) is 14.4. The summed E-state index contributed by atoms with van der Waals surface area (Å²) < 4.78 is 16.1. The molecule has 0 aromatic heterocycles. The minimum Gasteiger partial charge on any atom is -0.493 e. The number of piperidine rings is 1. The number of methoxy groups -OCH3 is 3. The molecular weight excluding hydrogens is 254 g/mol. The maximum absolute atomic E-state index is 5.42. The van der Waals surface area contributed by atoms with Crippen LogP contribution < -0.4 is 14.8 Å². The number of benzene rings is 1. The highest BCUT2D eigenvalue weighted by molar-refractivity contribution is 5.47. The molecule has 0 radical (unpaired) electrons. The van der Waals surface area contributed by atoms with Crippen LogP contribution in [-0.4, -0.2) is 34.4 Å². The Morgan fingerprint density at radius 1 is 1.10 bits per heavy atom. The van der Waals surface area contributed by atoms with E-state index in [0.29, 0.717) is 12.5 Å². The van der Waals surface area contributed by atoms with Gasteiger partial charge in [-0.1, -0.05) is 0 Å². The molecule has 1 atom stereocenters. The molecule has 0 aliphatic carbocycles. The van der Waals surface area contributed by atoms with Crippen molar-refractivity contribution in [2.24, 2.45) is 5.92 Å². The maximum Gasteiger partial charge on any atom is 0.161 e. The molecule has 20 heavy (non-hydrogen) atoms. The lowest BCUT2D eigenvalue weighted by atomic mass is 9.90. The van der Waals surface area contributed by atoms with Crippen LogP contribution in [0.1, 0.15) is 24.0 Å². The molecule has 1 unspecified atom stereocenters. The van der Waals surface area contributed by atoms with Crippen LogP contribution in [-0.2, 0) is 17.8 Å². The van der Waals surface area contributed by atoms with E-state index in [1.807, 2.05) is 6.07 Å². The van der Waals surface area contributed by atoms with Crippen molar-refractivity contribution in [3.63, 3.8) is 0 Å². The summed E-state index contributed by atoms with van der Waals surface area (Å²) in [6.45, 7) is 2.85. The van der Waals surface area contributed by atoms with Gasteiger partial charge in [-0.3, -0.25) is 0 Å². The molecule has 0 amide bonds. The first-order chi connectivity index (χ1) is 9.78. The Morgan fingerprint density at radius 3 is 2.35 bits per heavy atom. The summed E-state index contributed by atoms with van der Waals surface area (Å²) in [6.07, 6.45) is 3.61. The molecule has 4 heteroatoms. The second kappa shape index (κ2) is 7.50. The SMILES string of the molecule is COCc1cc(OC)c(OC)cc1CC1CCCNC1. The van der Waals surface area contributed by atoms with Crippen molar-refractivity contribution in [3.8, 4) is 11.5 Å². The molecule has 1 saturated heterocycles. The summed E-state index contributed by atoms with van der Waals surface area (Å²) in [7, 11) is 5.07. The van der Waals surface area contributed by atoms with Crippen LogP contribution in [0.5, 0.6) is 11.5 Å². The van der Waals surface area contributed by atoms with Crippen LogP contribution in [0.3, 0.4) is 0 Å². The maximum atomic E-state index is 5.42. The summed E-state index contributed by atoms with van der Waals surface area (Å²) in [4.78, 5) is 0. The van der Waals surface area contributed by atoms with E-state index in [1.54, 1.807) is 21.3 Å². The average Bonchev–Trinajstić information content (AvgIpc) is 2.49. The van der Waals surface area contributed by atoms with Crippen molar-refractivity contribution in [3.05, 3.63) is 23.3 Å². The van der Waals surface area contributed by atoms with Gasteiger partial charge in [-0.05, 0) is 61.5 Å². The van der Waals surface area contributed by atoms with Gasteiger partial charge in [0, 0.05) is 7.11 Å². The molecular formula is C16H25NO3. The lowest BCUT2D eigenvalue weighted by Crippen LogP contribution is -2.31. The summed E-state index contributed by atoms with van der Waals surface area (Å²) in [5.74, 6) is 2.26. The second-order valence-corrected chi connectivity index (χ2v) is 5.33. The van der Waals surface area contributed by atoms with E-state index in [-0.39, 0.29) is 0 Å². The van der Waals surface area contributed by atoms with Gasteiger partial charge in [0.05, 0.1) is 20.8 Å². The molecule has 0 saturated carbocycles. The molecule has 1 aliphatic heterocycles. The Kier molecular flexibility index (Phi) is 5.68. The van der Waals surface area contributed by atoms with Gasteiger partial charge in [0.15, 0.2) is 11.5 Å². The third-order valence-electron chi connectivity index (χ3n) is 3.91. The monoisotopic (exact) mass is 279 g/mol. The molecule has 1 aromatic rings. The van der Waals surface area contributed by atoms with Gasteiger partial charge < -0.3 is 19.5 Å². The van der Waals surface area contributed by atoms with E-state index in [9.17, 15) is 0 Å². The van der Waals surface area contributed by atoms with Crippen LogP contribution in [0.15, 0.2) is 12.1 Å². The minimum atomic E-state index is 0.607. The number of ether oxygens (including phenoxy) is 3. The van der Waals surface area contributed by atoms with Crippen molar-refractivity contribution in [1.29, 1.82) is 0 Å². The fourth-order valence-electron chi connectivity index (χ4n) is 2.85. The van der Waals surface area contributed by atoms with Gasteiger partial charge in [0.1, 0.15) is 0 Å². The quantitative estimate of drug-likeness (QED) is 0.868. The Hall–Kier alpha value is -1.26. The van der Waals surface area contributed by atoms with Crippen molar-refractivity contribution < 1.29 is 14.2 Å². The van der Waals surface area contributed by atoms with Gasteiger partial charge in [0.25, 0.3) is 0 Å². The molecule has 1 fully saturated rings. The lowest BCUT2D eigenvalue weighted by Gasteiger charge is -2.24. The molecule has 1 aliphatic rings. The van der Waals surface area contributed by atoms with E-state index in [0.717, 1.165) is 31.0 Å². The van der Waals surface area contributed by atoms with E-state index in [4.69, 9.17) is 14.2 Å². The van der Waals surface area contributed by atoms with Gasteiger partial charge in [-0.15, -0.1) is 0 Å².